The molecular weight excluding hydrogens is 428 g/mol. The van der Waals surface area contributed by atoms with Gasteiger partial charge in [-0.05, 0) is 36.1 Å². The van der Waals surface area contributed by atoms with Gasteiger partial charge in [0.25, 0.3) is 0 Å². The van der Waals surface area contributed by atoms with Crippen LogP contribution in [0, 0.1) is 0 Å². The average Bonchev–Trinajstić information content (AvgIpc) is 2.69. The van der Waals surface area contributed by atoms with E-state index in [0.29, 0.717) is 0 Å². The van der Waals surface area contributed by atoms with Crippen LogP contribution < -0.4 is 10.6 Å². The zero-order chi connectivity index (χ0) is 19.4. The SMILES string of the molecule is CCc1ccccc1NC(=O)C[S-].CCc1ccccc1NC(=O)C[S-].[Cu+2]. The van der Waals surface area contributed by atoms with Gasteiger partial charge < -0.3 is 35.9 Å². The van der Waals surface area contributed by atoms with Crippen LogP contribution in [0.1, 0.15) is 25.0 Å². The molecule has 0 saturated heterocycles. The fraction of sp³-hybridized carbons (Fsp3) is 0.300. The van der Waals surface area contributed by atoms with Gasteiger partial charge in [-0.15, -0.1) is 0 Å². The molecule has 4 nitrogen and oxygen atoms in total. The molecule has 27 heavy (non-hydrogen) atoms. The predicted octanol–water partition coefficient (Wildman–Crippen LogP) is 3.47. The minimum atomic E-state index is -0.115. The maximum atomic E-state index is 11.0. The normalized spacial score (nSPS) is 9.33. The quantitative estimate of drug-likeness (QED) is 0.521. The summed E-state index contributed by atoms with van der Waals surface area (Å²) in [5, 5.41) is 5.54. The van der Waals surface area contributed by atoms with E-state index in [2.05, 4.69) is 49.7 Å². The number of benzene rings is 2. The maximum absolute atomic E-state index is 11.0. The van der Waals surface area contributed by atoms with Crippen LogP contribution in [-0.4, -0.2) is 23.3 Å². The molecule has 7 heteroatoms. The Morgan fingerprint density at radius 2 is 1.07 bits per heavy atom. The second-order valence-electron chi connectivity index (χ2n) is 5.41. The molecule has 0 aromatic heterocycles. The van der Waals surface area contributed by atoms with Gasteiger partial charge in [-0.3, -0.25) is 9.59 Å². The Balaban J connectivity index is 0.000000483. The molecule has 0 aliphatic carbocycles. The van der Waals surface area contributed by atoms with E-state index in [0.717, 1.165) is 35.3 Å². The number of amides is 2. The summed E-state index contributed by atoms with van der Waals surface area (Å²) in [6, 6.07) is 15.5. The Hall–Kier alpha value is -1.40. The fourth-order valence-corrected chi connectivity index (χ4v) is 2.42. The van der Waals surface area contributed by atoms with Gasteiger partial charge in [0.2, 0.25) is 0 Å². The molecule has 149 valence electrons. The first kappa shape index (κ1) is 25.6. The monoisotopic (exact) mass is 451 g/mol. The van der Waals surface area contributed by atoms with E-state index in [4.69, 9.17) is 0 Å². The molecule has 0 spiro atoms. The summed E-state index contributed by atoms with van der Waals surface area (Å²) in [7, 11) is 0. The molecule has 2 aromatic carbocycles. The van der Waals surface area contributed by atoms with E-state index < -0.39 is 0 Å². The predicted molar refractivity (Wildman–Crippen MR) is 113 cm³/mol. The third kappa shape index (κ3) is 9.38. The average molecular weight is 452 g/mol. The van der Waals surface area contributed by atoms with Gasteiger partial charge in [-0.2, -0.15) is 0 Å². The van der Waals surface area contributed by atoms with Gasteiger partial charge in [0.1, 0.15) is 0 Å². The third-order valence-electron chi connectivity index (χ3n) is 3.61. The van der Waals surface area contributed by atoms with Crippen LogP contribution >= 0.6 is 0 Å². The van der Waals surface area contributed by atoms with Crippen molar-refractivity contribution in [3.63, 3.8) is 0 Å². The summed E-state index contributed by atoms with van der Waals surface area (Å²) in [6.07, 6.45) is 1.82. The minimum absolute atomic E-state index is 0. The van der Waals surface area contributed by atoms with E-state index in [9.17, 15) is 9.59 Å². The van der Waals surface area contributed by atoms with Crippen LogP contribution in [0.2, 0.25) is 0 Å². The number of para-hydroxylation sites is 2. The van der Waals surface area contributed by atoms with E-state index in [1.165, 1.54) is 0 Å². The number of rotatable bonds is 6. The Bertz CT molecular complexity index is 665. The number of carbonyl (C=O) groups excluding carboxylic acids is 2. The molecule has 0 fully saturated rings. The van der Waals surface area contributed by atoms with Crippen LogP contribution in [0.4, 0.5) is 11.4 Å². The minimum Gasteiger partial charge on any atom is -0.783 e. The molecule has 1 radical (unpaired) electrons. The molecule has 2 rings (SSSR count). The van der Waals surface area contributed by atoms with Crippen molar-refractivity contribution in [2.45, 2.75) is 26.7 Å². The van der Waals surface area contributed by atoms with Crippen molar-refractivity contribution in [1.82, 2.24) is 0 Å². The summed E-state index contributed by atoms with van der Waals surface area (Å²) in [6.45, 7) is 4.11. The first-order valence-electron chi connectivity index (χ1n) is 8.47. The van der Waals surface area contributed by atoms with E-state index in [-0.39, 0.29) is 40.4 Å². The third-order valence-corrected chi connectivity index (χ3v) is 4.13. The van der Waals surface area contributed by atoms with Gasteiger partial charge in [-0.25, -0.2) is 0 Å². The van der Waals surface area contributed by atoms with Crippen molar-refractivity contribution in [2.24, 2.45) is 0 Å². The van der Waals surface area contributed by atoms with Crippen LogP contribution in [-0.2, 0) is 64.8 Å². The smallest absolute Gasteiger partial charge is 0.783 e. The molecular formula is C20H24CuN2O2S2. The fourth-order valence-electron chi connectivity index (χ4n) is 2.27. The first-order chi connectivity index (χ1) is 12.5. The van der Waals surface area contributed by atoms with Crippen LogP contribution in [0.3, 0.4) is 0 Å². The first-order valence-corrected chi connectivity index (χ1v) is 9.62. The molecule has 0 aliphatic heterocycles. The summed E-state index contributed by atoms with van der Waals surface area (Å²) in [4.78, 5) is 22.1. The molecule has 2 aromatic rings. The van der Waals surface area contributed by atoms with Gasteiger partial charge in [-0.1, -0.05) is 61.8 Å². The van der Waals surface area contributed by atoms with Crippen molar-refractivity contribution in [1.29, 1.82) is 0 Å². The molecule has 0 unspecified atom stereocenters. The Morgan fingerprint density at radius 3 is 1.37 bits per heavy atom. The number of carbonyl (C=O) groups is 2. The zero-order valence-corrected chi connectivity index (χ0v) is 18.0. The Labute approximate surface area is 183 Å². The van der Waals surface area contributed by atoms with Crippen molar-refractivity contribution >= 4 is 48.4 Å². The summed E-state index contributed by atoms with van der Waals surface area (Å²) in [5.41, 5.74) is 4.03. The van der Waals surface area contributed by atoms with E-state index in [1.54, 1.807) is 0 Å². The Morgan fingerprint density at radius 1 is 0.741 bits per heavy atom. The van der Waals surface area contributed by atoms with E-state index in [1.807, 2.05) is 48.5 Å². The van der Waals surface area contributed by atoms with Gasteiger partial charge in [0.15, 0.2) is 11.8 Å². The summed E-state index contributed by atoms with van der Waals surface area (Å²) < 4.78 is 0. The number of hydrogen-bond acceptors (Lipinski definition) is 4. The molecule has 0 atom stereocenters. The molecule has 0 saturated carbocycles. The van der Waals surface area contributed by atoms with Crippen LogP contribution in [0.5, 0.6) is 0 Å². The van der Waals surface area contributed by atoms with Crippen molar-refractivity contribution < 1.29 is 26.7 Å². The largest absolute Gasteiger partial charge is 2.00 e. The van der Waals surface area contributed by atoms with Crippen molar-refractivity contribution in [2.75, 3.05) is 22.1 Å². The molecule has 0 aliphatic rings. The molecule has 0 heterocycles. The van der Waals surface area contributed by atoms with Crippen molar-refractivity contribution in [3.05, 3.63) is 59.7 Å². The summed E-state index contributed by atoms with van der Waals surface area (Å²) >= 11 is 9.28. The molecule has 0 bridgehead atoms. The molecule has 2 amide bonds. The standard InChI is InChI=1S/2C10H13NOS.Cu/c2*1-2-8-5-3-4-6-9(8)11-10(12)7-13;/h2*3-6,13H,2,7H2,1H3,(H,11,12);/q;;+2/p-2. The number of hydrogen-bond donors (Lipinski definition) is 2. The van der Waals surface area contributed by atoms with Gasteiger partial charge >= 0.3 is 17.1 Å². The summed E-state index contributed by atoms with van der Waals surface area (Å²) in [5.74, 6) is -0.0115. The topological polar surface area (TPSA) is 58.2 Å². The van der Waals surface area contributed by atoms with E-state index >= 15 is 0 Å². The maximum Gasteiger partial charge on any atom is 2.00 e. The van der Waals surface area contributed by atoms with Crippen LogP contribution in [0.15, 0.2) is 48.5 Å². The molecule has 2 N–H and O–H groups in total. The number of aryl methyl sites for hydroxylation is 2. The Kier molecular flexibility index (Phi) is 13.9. The second-order valence-corrected chi connectivity index (χ2v) is 5.98. The van der Waals surface area contributed by atoms with Gasteiger partial charge in [0.05, 0.1) is 0 Å². The second kappa shape index (κ2) is 14.6. The van der Waals surface area contributed by atoms with Gasteiger partial charge in [0, 0.05) is 11.4 Å². The zero-order valence-electron chi connectivity index (χ0n) is 15.4. The van der Waals surface area contributed by atoms with Crippen molar-refractivity contribution in [3.8, 4) is 0 Å². The number of anilines is 2. The van der Waals surface area contributed by atoms with Crippen LogP contribution in [0.25, 0.3) is 0 Å². The number of nitrogens with one attached hydrogen (secondary N) is 2.